The van der Waals surface area contributed by atoms with E-state index in [1.807, 2.05) is 13.8 Å². The first-order valence-electron chi connectivity index (χ1n) is 9.81. The van der Waals surface area contributed by atoms with Crippen LogP contribution in [0, 0.1) is 34.0 Å². The predicted octanol–water partition coefficient (Wildman–Crippen LogP) is 3.96. The molecule has 0 saturated heterocycles. The number of allylic oxidation sites excluding steroid dienone is 2. The summed E-state index contributed by atoms with van der Waals surface area (Å²) in [6, 6.07) is 0. The second kappa shape index (κ2) is 5.18. The molecule has 138 valence electrons. The third kappa shape index (κ3) is 2.03. The summed E-state index contributed by atoms with van der Waals surface area (Å²) < 4.78 is 0. The fraction of sp³-hybridized carbons (Fsp3) is 0.810. The van der Waals surface area contributed by atoms with Crippen molar-refractivity contribution >= 4 is 11.5 Å². The monoisotopic (exact) mass is 345 g/mol. The van der Waals surface area contributed by atoms with E-state index in [2.05, 4.69) is 25.1 Å². The van der Waals surface area contributed by atoms with E-state index in [1.165, 1.54) is 5.57 Å². The Labute approximate surface area is 150 Å². The number of rotatable bonds is 0. The van der Waals surface area contributed by atoms with Crippen LogP contribution in [0.4, 0.5) is 0 Å². The first-order chi connectivity index (χ1) is 11.7. The smallest absolute Gasteiger partial charge is 0.190 e. The molecule has 0 aromatic carbocycles. The summed E-state index contributed by atoms with van der Waals surface area (Å²) in [4.78, 5) is 12.7. The van der Waals surface area contributed by atoms with Crippen molar-refractivity contribution in [1.82, 2.24) is 0 Å². The summed E-state index contributed by atoms with van der Waals surface area (Å²) >= 11 is 0. The number of Topliss-reactive ketones (excluding diaryl/α,β-unsaturated/α-hetero) is 1. The topological polar surface area (TPSA) is 69.9 Å². The average molecular weight is 345 g/mol. The van der Waals surface area contributed by atoms with E-state index in [4.69, 9.17) is 0 Å². The van der Waals surface area contributed by atoms with Crippen molar-refractivity contribution in [3.8, 4) is 0 Å². The summed E-state index contributed by atoms with van der Waals surface area (Å²) in [6.07, 6.45) is 7.90. The lowest BCUT2D eigenvalue weighted by molar-refractivity contribution is -0.122. The highest BCUT2D eigenvalue weighted by Crippen LogP contribution is 2.66. The van der Waals surface area contributed by atoms with E-state index in [0.717, 1.165) is 32.1 Å². The summed E-state index contributed by atoms with van der Waals surface area (Å²) in [6.45, 7) is 8.53. The molecule has 0 spiro atoms. The number of oxime groups is 1. The number of aliphatic hydroxyl groups is 1. The second-order valence-corrected chi connectivity index (χ2v) is 9.96. The number of hydrogen-bond donors (Lipinski definition) is 2. The van der Waals surface area contributed by atoms with E-state index in [9.17, 15) is 15.1 Å². The molecular weight excluding hydrogens is 314 g/mol. The molecule has 3 fully saturated rings. The lowest BCUT2D eigenvalue weighted by Gasteiger charge is -2.59. The molecule has 0 amide bonds. The quantitative estimate of drug-likeness (QED) is 0.397. The molecular formula is C21H31NO3. The van der Waals surface area contributed by atoms with Crippen molar-refractivity contribution in [2.24, 2.45) is 39.2 Å². The number of ketones is 1. The van der Waals surface area contributed by atoms with Crippen molar-refractivity contribution in [3.05, 3.63) is 11.6 Å². The fourth-order valence-corrected chi connectivity index (χ4v) is 7.25. The summed E-state index contributed by atoms with van der Waals surface area (Å²) in [5, 5.41) is 23.4. The summed E-state index contributed by atoms with van der Waals surface area (Å²) in [7, 11) is 0. The Balaban J connectivity index is 1.78. The first kappa shape index (κ1) is 17.3. The van der Waals surface area contributed by atoms with E-state index >= 15 is 0 Å². The van der Waals surface area contributed by atoms with Crippen LogP contribution in [0.15, 0.2) is 16.8 Å². The van der Waals surface area contributed by atoms with Crippen LogP contribution in [0.1, 0.15) is 66.2 Å². The minimum atomic E-state index is -0.588. The minimum Gasteiger partial charge on any atom is -0.411 e. The first-order valence-corrected chi connectivity index (χ1v) is 9.81. The largest absolute Gasteiger partial charge is 0.411 e. The molecule has 6 atom stereocenters. The molecule has 3 saturated carbocycles. The number of carbonyl (C=O) groups is 1. The van der Waals surface area contributed by atoms with Crippen LogP contribution >= 0.6 is 0 Å². The van der Waals surface area contributed by atoms with Crippen molar-refractivity contribution in [2.45, 2.75) is 72.3 Å². The zero-order valence-electron chi connectivity index (χ0n) is 15.9. The Morgan fingerprint density at radius 2 is 1.84 bits per heavy atom. The maximum atomic E-state index is 12.7. The SMILES string of the molecule is CC1(C)C(=O)/C(=N\O)C[C@@]2(C)C1=CC[C@H]1[C@@H]3CC[C@@H](O)[C@@]3(C)CC[C@@H]12. The van der Waals surface area contributed by atoms with Crippen LogP contribution in [0.3, 0.4) is 0 Å². The van der Waals surface area contributed by atoms with Gasteiger partial charge in [-0.2, -0.15) is 0 Å². The highest BCUT2D eigenvalue weighted by atomic mass is 16.4. The van der Waals surface area contributed by atoms with Crippen molar-refractivity contribution in [3.63, 3.8) is 0 Å². The van der Waals surface area contributed by atoms with Crippen molar-refractivity contribution in [2.75, 3.05) is 0 Å². The lowest BCUT2D eigenvalue weighted by Crippen LogP contribution is -2.56. The van der Waals surface area contributed by atoms with Gasteiger partial charge < -0.3 is 10.3 Å². The van der Waals surface area contributed by atoms with Gasteiger partial charge in [0.1, 0.15) is 5.71 Å². The van der Waals surface area contributed by atoms with E-state index in [-0.39, 0.29) is 22.7 Å². The molecule has 4 aliphatic rings. The molecule has 2 N–H and O–H groups in total. The van der Waals surface area contributed by atoms with Crippen molar-refractivity contribution in [1.29, 1.82) is 0 Å². The van der Waals surface area contributed by atoms with Crippen LogP contribution in [-0.2, 0) is 4.79 Å². The molecule has 25 heavy (non-hydrogen) atoms. The van der Waals surface area contributed by atoms with Gasteiger partial charge in [0.2, 0.25) is 0 Å². The van der Waals surface area contributed by atoms with Gasteiger partial charge in [0, 0.05) is 6.42 Å². The number of nitrogens with zero attached hydrogens (tertiary/aromatic N) is 1. The van der Waals surface area contributed by atoms with Crippen LogP contribution in [-0.4, -0.2) is 27.9 Å². The highest BCUT2D eigenvalue weighted by molar-refractivity contribution is 6.43. The Morgan fingerprint density at radius 3 is 2.52 bits per heavy atom. The number of carbonyl (C=O) groups excluding carboxylic acids is 1. The van der Waals surface area contributed by atoms with Gasteiger partial charge in [0.05, 0.1) is 11.5 Å². The minimum absolute atomic E-state index is 0.0332. The van der Waals surface area contributed by atoms with Gasteiger partial charge in [0.15, 0.2) is 5.78 Å². The third-order valence-corrected chi connectivity index (χ3v) is 8.57. The molecule has 0 radical (unpaired) electrons. The van der Waals surface area contributed by atoms with Gasteiger partial charge in [-0.3, -0.25) is 4.79 Å². The summed E-state index contributed by atoms with van der Waals surface area (Å²) in [5.74, 6) is 1.59. The van der Waals surface area contributed by atoms with Gasteiger partial charge in [0.25, 0.3) is 0 Å². The second-order valence-electron chi connectivity index (χ2n) is 9.96. The maximum absolute atomic E-state index is 12.7. The Hall–Kier alpha value is -1.16. The fourth-order valence-electron chi connectivity index (χ4n) is 7.25. The lowest BCUT2D eigenvalue weighted by atomic mass is 9.45. The van der Waals surface area contributed by atoms with Gasteiger partial charge in [-0.15, -0.1) is 0 Å². The molecule has 0 aromatic heterocycles. The third-order valence-electron chi connectivity index (χ3n) is 8.57. The van der Waals surface area contributed by atoms with Crippen LogP contribution in [0.25, 0.3) is 0 Å². The van der Waals surface area contributed by atoms with Crippen LogP contribution in [0.2, 0.25) is 0 Å². The maximum Gasteiger partial charge on any atom is 0.190 e. The highest BCUT2D eigenvalue weighted by Gasteiger charge is 2.61. The summed E-state index contributed by atoms with van der Waals surface area (Å²) in [5.41, 5.74) is 0.939. The number of hydrogen-bond acceptors (Lipinski definition) is 4. The van der Waals surface area contributed by atoms with Gasteiger partial charge in [-0.1, -0.05) is 30.7 Å². The molecule has 4 heteroatoms. The number of aliphatic hydroxyl groups excluding tert-OH is 1. The van der Waals surface area contributed by atoms with Crippen LogP contribution in [0.5, 0.6) is 0 Å². The van der Waals surface area contributed by atoms with E-state index in [0.29, 0.717) is 29.9 Å². The van der Waals surface area contributed by atoms with Gasteiger partial charge in [-0.25, -0.2) is 0 Å². The zero-order chi connectivity index (χ0) is 18.2. The Kier molecular flexibility index (Phi) is 3.58. The van der Waals surface area contributed by atoms with Crippen molar-refractivity contribution < 1.29 is 15.1 Å². The van der Waals surface area contributed by atoms with Gasteiger partial charge >= 0.3 is 0 Å². The molecule has 0 aromatic rings. The van der Waals surface area contributed by atoms with E-state index < -0.39 is 5.41 Å². The number of fused-ring (bicyclic) bond motifs is 5. The molecule has 4 rings (SSSR count). The standard InChI is InChI=1S/C21H31NO3/c1-19(2)16-7-5-12-13-6-8-17(23)20(13,3)10-9-14(12)21(16,4)11-15(22-25)18(19)24/h7,12-14,17,23,25H,5-6,8-11H2,1-4H3/b22-15-/t12-,13-,14-,17+,20-,21+/m0/s1. The van der Waals surface area contributed by atoms with Gasteiger partial charge in [-0.05, 0) is 74.5 Å². The Morgan fingerprint density at radius 1 is 1.12 bits per heavy atom. The average Bonchev–Trinajstić information content (AvgIpc) is 2.86. The predicted molar refractivity (Wildman–Crippen MR) is 96.5 cm³/mol. The molecule has 4 nitrogen and oxygen atoms in total. The zero-order valence-corrected chi connectivity index (χ0v) is 15.9. The molecule has 0 bridgehead atoms. The van der Waals surface area contributed by atoms with Crippen LogP contribution < -0.4 is 0 Å². The normalized spacial score (nSPS) is 50.0. The molecule has 0 unspecified atom stereocenters. The molecule has 0 heterocycles. The van der Waals surface area contributed by atoms with E-state index in [1.54, 1.807) is 0 Å². The molecule has 0 aliphatic heterocycles. The Bertz CT molecular complexity index is 679. The molecule has 4 aliphatic carbocycles.